The molecule has 0 aliphatic rings. The number of imidazole rings is 1. The average Bonchev–Trinajstić information content (AvgIpc) is 2.91. The highest BCUT2D eigenvalue weighted by Crippen LogP contribution is 2.16. The highest BCUT2D eigenvalue weighted by Gasteiger charge is 2.07. The number of carbonyl (C=O) groups is 1. The lowest BCUT2D eigenvalue weighted by Crippen LogP contribution is -2.18. The number of fused-ring (bicyclic) bond motifs is 1. The van der Waals surface area contributed by atoms with Crippen molar-refractivity contribution in [3.63, 3.8) is 0 Å². The number of nitrogens with zero attached hydrogens (tertiary/aromatic N) is 3. The van der Waals surface area contributed by atoms with E-state index in [0.717, 1.165) is 22.4 Å². The predicted molar refractivity (Wildman–Crippen MR) is 89.1 cm³/mol. The Labute approximate surface area is 129 Å². The first-order valence-corrected chi connectivity index (χ1v) is 7.10. The number of aromatic nitrogens is 2. The molecule has 1 N–H and O–H groups in total. The van der Waals surface area contributed by atoms with Gasteiger partial charge in [-0.2, -0.15) is 0 Å². The molecular weight excluding hydrogens is 276 g/mol. The van der Waals surface area contributed by atoms with Crippen molar-refractivity contribution < 1.29 is 4.79 Å². The Bertz CT molecular complexity index is 790. The summed E-state index contributed by atoms with van der Waals surface area (Å²) in [6, 6.07) is 15.5. The third-order valence-corrected chi connectivity index (χ3v) is 3.51. The van der Waals surface area contributed by atoms with Gasteiger partial charge in [0.05, 0.1) is 17.4 Å². The summed E-state index contributed by atoms with van der Waals surface area (Å²) in [7, 11) is 3.97. The van der Waals surface area contributed by atoms with Gasteiger partial charge in [-0.1, -0.05) is 12.1 Å². The van der Waals surface area contributed by atoms with Crippen LogP contribution in [0.2, 0.25) is 0 Å². The maximum atomic E-state index is 12.2. The van der Waals surface area contributed by atoms with Crippen molar-refractivity contribution in [1.82, 2.24) is 9.55 Å². The van der Waals surface area contributed by atoms with Crippen LogP contribution in [0.4, 0.5) is 11.4 Å². The largest absolute Gasteiger partial charge is 0.378 e. The summed E-state index contributed by atoms with van der Waals surface area (Å²) in [5.41, 5.74) is 3.74. The molecule has 0 bridgehead atoms. The summed E-state index contributed by atoms with van der Waals surface area (Å²) in [5.74, 6) is -0.0687. The number of hydrogen-bond donors (Lipinski definition) is 1. The average molecular weight is 294 g/mol. The van der Waals surface area contributed by atoms with Crippen molar-refractivity contribution in [1.29, 1.82) is 0 Å². The molecule has 112 valence electrons. The second-order valence-corrected chi connectivity index (χ2v) is 5.35. The lowest BCUT2D eigenvalue weighted by molar-refractivity contribution is -0.116. The molecule has 22 heavy (non-hydrogen) atoms. The SMILES string of the molecule is CN(C)c1ccc(NC(=O)Cn2cnc3ccccc32)cc1. The number of para-hydroxylation sites is 2. The molecule has 1 amide bonds. The second-order valence-electron chi connectivity index (χ2n) is 5.35. The molecule has 5 heteroatoms. The first kappa shape index (κ1) is 14.1. The first-order chi connectivity index (χ1) is 10.6. The van der Waals surface area contributed by atoms with E-state index in [1.165, 1.54) is 0 Å². The van der Waals surface area contributed by atoms with E-state index >= 15 is 0 Å². The van der Waals surface area contributed by atoms with Crippen LogP contribution in [0.1, 0.15) is 0 Å². The van der Waals surface area contributed by atoms with E-state index in [4.69, 9.17) is 0 Å². The number of anilines is 2. The van der Waals surface area contributed by atoms with E-state index in [1.807, 2.05) is 72.1 Å². The van der Waals surface area contributed by atoms with Crippen molar-refractivity contribution in [2.75, 3.05) is 24.3 Å². The van der Waals surface area contributed by atoms with E-state index < -0.39 is 0 Å². The van der Waals surface area contributed by atoms with Crippen LogP contribution < -0.4 is 10.2 Å². The Morgan fingerprint density at radius 1 is 1.14 bits per heavy atom. The fraction of sp³-hybridized carbons (Fsp3) is 0.176. The van der Waals surface area contributed by atoms with Gasteiger partial charge >= 0.3 is 0 Å². The van der Waals surface area contributed by atoms with Gasteiger partial charge in [0.15, 0.2) is 0 Å². The van der Waals surface area contributed by atoms with Gasteiger partial charge in [-0.3, -0.25) is 4.79 Å². The molecule has 0 aliphatic carbocycles. The molecule has 0 fully saturated rings. The van der Waals surface area contributed by atoms with Crippen molar-refractivity contribution in [3.05, 3.63) is 54.9 Å². The van der Waals surface area contributed by atoms with Gasteiger partial charge < -0.3 is 14.8 Å². The molecule has 1 heterocycles. The summed E-state index contributed by atoms with van der Waals surface area (Å²) >= 11 is 0. The molecule has 0 saturated carbocycles. The molecule has 0 aliphatic heterocycles. The molecule has 3 aromatic rings. The van der Waals surface area contributed by atoms with Crippen molar-refractivity contribution >= 4 is 28.3 Å². The minimum atomic E-state index is -0.0687. The van der Waals surface area contributed by atoms with Gasteiger partial charge in [-0.25, -0.2) is 4.98 Å². The molecule has 0 saturated heterocycles. The number of benzene rings is 2. The maximum Gasteiger partial charge on any atom is 0.244 e. The monoisotopic (exact) mass is 294 g/mol. The van der Waals surface area contributed by atoms with Crippen LogP contribution in [-0.2, 0) is 11.3 Å². The minimum absolute atomic E-state index is 0.0687. The third-order valence-electron chi connectivity index (χ3n) is 3.51. The Kier molecular flexibility index (Phi) is 3.78. The zero-order chi connectivity index (χ0) is 15.5. The van der Waals surface area contributed by atoms with Crippen LogP contribution in [0.3, 0.4) is 0 Å². The summed E-state index contributed by atoms with van der Waals surface area (Å²) in [4.78, 5) is 18.5. The smallest absolute Gasteiger partial charge is 0.244 e. The molecular formula is C17H18N4O. The van der Waals surface area contributed by atoms with Gasteiger partial charge in [0.25, 0.3) is 0 Å². The normalized spacial score (nSPS) is 10.6. The fourth-order valence-electron chi connectivity index (χ4n) is 2.33. The van der Waals surface area contributed by atoms with Crippen LogP contribution in [0.5, 0.6) is 0 Å². The van der Waals surface area contributed by atoms with Gasteiger partial charge in [0.1, 0.15) is 6.54 Å². The van der Waals surface area contributed by atoms with Gasteiger partial charge in [0, 0.05) is 25.5 Å². The Morgan fingerprint density at radius 3 is 2.59 bits per heavy atom. The maximum absolute atomic E-state index is 12.2. The highest BCUT2D eigenvalue weighted by molar-refractivity contribution is 5.91. The van der Waals surface area contributed by atoms with Gasteiger partial charge in [-0.05, 0) is 36.4 Å². The first-order valence-electron chi connectivity index (χ1n) is 7.10. The van der Waals surface area contributed by atoms with Crippen LogP contribution in [0.15, 0.2) is 54.9 Å². The highest BCUT2D eigenvalue weighted by atomic mass is 16.1. The van der Waals surface area contributed by atoms with Crippen LogP contribution >= 0.6 is 0 Å². The zero-order valence-electron chi connectivity index (χ0n) is 12.7. The van der Waals surface area contributed by atoms with E-state index in [9.17, 15) is 4.79 Å². The Balaban J connectivity index is 1.69. The quantitative estimate of drug-likeness (QED) is 0.805. The van der Waals surface area contributed by atoms with Crippen LogP contribution in [-0.4, -0.2) is 29.6 Å². The minimum Gasteiger partial charge on any atom is -0.378 e. The topological polar surface area (TPSA) is 50.2 Å². The van der Waals surface area contributed by atoms with Gasteiger partial charge in [0.2, 0.25) is 5.91 Å². The zero-order valence-corrected chi connectivity index (χ0v) is 12.7. The molecule has 0 radical (unpaired) electrons. The predicted octanol–water partition coefficient (Wildman–Crippen LogP) is 2.74. The molecule has 2 aromatic carbocycles. The number of carbonyl (C=O) groups excluding carboxylic acids is 1. The molecule has 0 atom stereocenters. The Hall–Kier alpha value is -2.82. The summed E-state index contributed by atoms with van der Waals surface area (Å²) in [6.45, 7) is 0.246. The summed E-state index contributed by atoms with van der Waals surface area (Å²) in [6.07, 6.45) is 1.69. The molecule has 3 rings (SSSR count). The van der Waals surface area contributed by atoms with Crippen molar-refractivity contribution in [3.8, 4) is 0 Å². The number of amides is 1. The molecule has 0 spiro atoms. The standard InChI is InChI=1S/C17H18N4O/c1-20(2)14-9-7-13(8-10-14)19-17(22)11-21-12-18-15-5-3-4-6-16(15)21/h3-10,12H,11H2,1-2H3,(H,19,22). The van der Waals surface area contributed by atoms with E-state index in [0.29, 0.717) is 0 Å². The molecule has 5 nitrogen and oxygen atoms in total. The van der Waals surface area contributed by atoms with Crippen LogP contribution in [0, 0.1) is 0 Å². The molecule has 1 aromatic heterocycles. The number of rotatable bonds is 4. The number of nitrogens with one attached hydrogen (secondary N) is 1. The summed E-state index contributed by atoms with van der Waals surface area (Å²) in [5, 5.41) is 2.90. The summed E-state index contributed by atoms with van der Waals surface area (Å²) < 4.78 is 1.85. The number of hydrogen-bond acceptors (Lipinski definition) is 3. The van der Waals surface area contributed by atoms with Gasteiger partial charge in [-0.15, -0.1) is 0 Å². The van der Waals surface area contributed by atoms with E-state index in [2.05, 4.69) is 10.3 Å². The Morgan fingerprint density at radius 2 is 1.86 bits per heavy atom. The van der Waals surface area contributed by atoms with E-state index in [-0.39, 0.29) is 12.5 Å². The van der Waals surface area contributed by atoms with Crippen molar-refractivity contribution in [2.45, 2.75) is 6.54 Å². The molecule has 0 unspecified atom stereocenters. The lowest BCUT2D eigenvalue weighted by atomic mass is 10.2. The van der Waals surface area contributed by atoms with Crippen molar-refractivity contribution in [2.24, 2.45) is 0 Å². The van der Waals surface area contributed by atoms with E-state index in [1.54, 1.807) is 6.33 Å². The fourth-order valence-corrected chi connectivity index (χ4v) is 2.33. The lowest BCUT2D eigenvalue weighted by Gasteiger charge is -2.13. The van der Waals surface area contributed by atoms with Crippen LogP contribution in [0.25, 0.3) is 11.0 Å². The second kappa shape index (κ2) is 5.89. The third kappa shape index (κ3) is 2.93.